The van der Waals surface area contributed by atoms with Gasteiger partial charge in [0.25, 0.3) is 0 Å². The summed E-state index contributed by atoms with van der Waals surface area (Å²) in [7, 11) is 1.50. The van der Waals surface area contributed by atoms with Crippen LogP contribution in [-0.4, -0.2) is 43.7 Å². The van der Waals surface area contributed by atoms with Crippen molar-refractivity contribution in [1.82, 2.24) is 19.7 Å². The first-order valence-corrected chi connectivity index (χ1v) is 13.4. The van der Waals surface area contributed by atoms with Crippen molar-refractivity contribution in [3.8, 4) is 34.0 Å². The predicted octanol–water partition coefficient (Wildman–Crippen LogP) is 7.55. The molecule has 0 bridgehead atoms. The Morgan fingerprint density at radius 1 is 0.881 bits per heavy atom. The number of methoxy groups -OCH3 is 1. The third-order valence-electron chi connectivity index (χ3n) is 6.64. The van der Waals surface area contributed by atoms with Crippen LogP contribution in [0.3, 0.4) is 0 Å². The maximum atomic E-state index is 12.6. The lowest BCUT2D eigenvalue weighted by Gasteiger charge is -2.19. The molecule has 0 amide bonds. The van der Waals surface area contributed by atoms with Gasteiger partial charge < -0.3 is 19.9 Å². The minimum Gasteiger partial charge on any atom is -0.504 e. The molecule has 2 heterocycles. The number of rotatable bonds is 5. The van der Waals surface area contributed by atoms with Crippen LogP contribution in [0.25, 0.3) is 44.3 Å². The molecule has 0 saturated carbocycles. The van der Waals surface area contributed by atoms with E-state index in [0.29, 0.717) is 39.5 Å². The van der Waals surface area contributed by atoms with Crippen LogP contribution < -0.4 is 10.1 Å². The number of aromatic nitrogens is 4. The summed E-state index contributed by atoms with van der Waals surface area (Å²) >= 11 is 0. The Labute approximate surface area is 242 Å². The molecular formula is C33H29N5O4. The van der Waals surface area contributed by atoms with E-state index in [1.54, 1.807) is 24.4 Å². The molecule has 0 fully saturated rings. The third-order valence-corrected chi connectivity index (χ3v) is 6.64. The standard InChI is InChI=1S/C33H29N5O4/c1-33(2,3)42-32(40)38-27-15-14-24(16-23(27)19-34-38)35-31-25-17-28(39)29(41-4)18-26(25)36-30(37-31)22-12-10-21(11-13-22)20-8-6-5-7-9-20/h5-19,39H,1-4H3,(H,35,36,37). The van der Waals surface area contributed by atoms with Gasteiger partial charge in [0.05, 0.1) is 24.3 Å². The second kappa shape index (κ2) is 10.5. The van der Waals surface area contributed by atoms with E-state index >= 15 is 0 Å². The fourth-order valence-corrected chi connectivity index (χ4v) is 4.67. The molecule has 9 heteroatoms. The Bertz CT molecular complexity index is 1930. The summed E-state index contributed by atoms with van der Waals surface area (Å²) in [5.74, 6) is 1.30. The van der Waals surface area contributed by atoms with Gasteiger partial charge in [-0.25, -0.2) is 14.8 Å². The van der Waals surface area contributed by atoms with E-state index in [4.69, 9.17) is 19.4 Å². The summed E-state index contributed by atoms with van der Waals surface area (Å²) in [5.41, 5.74) is 4.33. The molecule has 0 radical (unpaired) electrons. The highest BCUT2D eigenvalue weighted by atomic mass is 16.6. The molecule has 9 nitrogen and oxygen atoms in total. The van der Waals surface area contributed by atoms with Crippen molar-refractivity contribution in [3.63, 3.8) is 0 Å². The smallest absolute Gasteiger partial charge is 0.435 e. The second-order valence-electron chi connectivity index (χ2n) is 10.8. The van der Waals surface area contributed by atoms with Gasteiger partial charge in [0, 0.05) is 28.1 Å². The molecule has 42 heavy (non-hydrogen) atoms. The first-order valence-electron chi connectivity index (χ1n) is 13.4. The summed E-state index contributed by atoms with van der Waals surface area (Å²) in [5, 5.41) is 19.5. The molecule has 2 N–H and O–H groups in total. The SMILES string of the molecule is COc1cc2nc(-c3ccc(-c4ccccc4)cc3)nc(Nc3ccc4c(cnn4C(=O)OC(C)(C)C)c3)c2cc1O. The van der Waals surface area contributed by atoms with Crippen LogP contribution in [-0.2, 0) is 4.74 Å². The van der Waals surface area contributed by atoms with E-state index in [1.165, 1.54) is 11.8 Å². The van der Waals surface area contributed by atoms with Gasteiger partial charge in [0.1, 0.15) is 11.4 Å². The minimum absolute atomic E-state index is 0.0225. The highest BCUT2D eigenvalue weighted by molar-refractivity contribution is 5.96. The molecule has 0 saturated heterocycles. The van der Waals surface area contributed by atoms with Gasteiger partial charge in [-0.05, 0) is 56.2 Å². The third kappa shape index (κ3) is 5.32. The van der Waals surface area contributed by atoms with Gasteiger partial charge in [0.2, 0.25) is 0 Å². The summed E-state index contributed by atoms with van der Waals surface area (Å²) in [4.78, 5) is 22.3. The van der Waals surface area contributed by atoms with Gasteiger partial charge in [-0.3, -0.25) is 0 Å². The summed E-state index contributed by atoms with van der Waals surface area (Å²) < 4.78 is 12.1. The zero-order valence-corrected chi connectivity index (χ0v) is 23.6. The maximum Gasteiger partial charge on any atom is 0.435 e. The zero-order chi connectivity index (χ0) is 29.4. The largest absolute Gasteiger partial charge is 0.504 e. The first kappa shape index (κ1) is 26.8. The van der Waals surface area contributed by atoms with E-state index < -0.39 is 11.7 Å². The number of anilines is 2. The van der Waals surface area contributed by atoms with Crippen molar-refractivity contribution in [3.05, 3.63) is 91.1 Å². The molecule has 0 aliphatic rings. The fourth-order valence-electron chi connectivity index (χ4n) is 4.67. The van der Waals surface area contributed by atoms with Crippen molar-refractivity contribution < 1.29 is 19.4 Å². The van der Waals surface area contributed by atoms with Crippen molar-refractivity contribution in [2.24, 2.45) is 0 Å². The van der Waals surface area contributed by atoms with Gasteiger partial charge in [-0.2, -0.15) is 9.78 Å². The Balaban J connectivity index is 1.39. The summed E-state index contributed by atoms with van der Waals surface area (Å²) in [6.07, 6.45) is 1.06. The average molecular weight is 560 g/mol. The zero-order valence-electron chi connectivity index (χ0n) is 23.6. The maximum absolute atomic E-state index is 12.6. The highest BCUT2D eigenvalue weighted by Crippen LogP contribution is 2.36. The number of carbonyl (C=O) groups is 1. The van der Waals surface area contributed by atoms with Crippen LogP contribution >= 0.6 is 0 Å². The molecule has 6 aromatic rings. The lowest BCUT2D eigenvalue weighted by Crippen LogP contribution is -2.27. The predicted molar refractivity (Wildman–Crippen MR) is 163 cm³/mol. The molecule has 0 aliphatic carbocycles. The normalized spacial score (nSPS) is 11.5. The van der Waals surface area contributed by atoms with E-state index in [0.717, 1.165) is 22.1 Å². The van der Waals surface area contributed by atoms with E-state index in [9.17, 15) is 9.90 Å². The number of phenolic OH excluding ortho intramolecular Hbond substituents is 1. The Morgan fingerprint density at radius 2 is 1.60 bits per heavy atom. The number of nitrogens with one attached hydrogen (secondary N) is 1. The van der Waals surface area contributed by atoms with E-state index in [2.05, 4.69) is 22.5 Å². The number of carbonyl (C=O) groups excluding carboxylic acids is 1. The van der Waals surface area contributed by atoms with E-state index in [1.807, 2.05) is 75.4 Å². The number of phenols is 1. The molecule has 4 aromatic carbocycles. The van der Waals surface area contributed by atoms with Crippen molar-refractivity contribution in [1.29, 1.82) is 0 Å². The number of hydrogen-bond donors (Lipinski definition) is 2. The fraction of sp³-hybridized carbons (Fsp3) is 0.152. The Kier molecular flexibility index (Phi) is 6.70. The second-order valence-corrected chi connectivity index (χ2v) is 10.8. The quantitative estimate of drug-likeness (QED) is 0.223. The molecule has 0 atom stereocenters. The topological polar surface area (TPSA) is 111 Å². The Morgan fingerprint density at radius 3 is 2.31 bits per heavy atom. The molecule has 6 rings (SSSR count). The van der Waals surface area contributed by atoms with E-state index in [-0.39, 0.29) is 5.75 Å². The summed E-state index contributed by atoms with van der Waals surface area (Å²) in [6.45, 7) is 5.43. The number of nitrogens with zero attached hydrogens (tertiary/aromatic N) is 4. The molecule has 210 valence electrons. The van der Waals surface area contributed by atoms with Crippen LogP contribution in [0.4, 0.5) is 16.3 Å². The van der Waals surface area contributed by atoms with Crippen molar-refractivity contribution >= 4 is 39.4 Å². The molecule has 0 unspecified atom stereocenters. The van der Waals surface area contributed by atoms with Gasteiger partial charge in [-0.15, -0.1) is 0 Å². The van der Waals surface area contributed by atoms with Gasteiger partial charge in [0.15, 0.2) is 17.3 Å². The Hall–Kier alpha value is -5.44. The molecular weight excluding hydrogens is 530 g/mol. The van der Waals surface area contributed by atoms with Crippen LogP contribution in [0.1, 0.15) is 20.8 Å². The van der Waals surface area contributed by atoms with Crippen LogP contribution in [0.2, 0.25) is 0 Å². The lowest BCUT2D eigenvalue weighted by atomic mass is 10.0. The van der Waals surface area contributed by atoms with Crippen molar-refractivity contribution in [2.75, 3.05) is 12.4 Å². The summed E-state index contributed by atoms with van der Waals surface area (Å²) in [6, 6.07) is 27.0. The number of fused-ring (bicyclic) bond motifs is 2. The van der Waals surface area contributed by atoms with Crippen LogP contribution in [0.15, 0.2) is 91.1 Å². The van der Waals surface area contributed by atoms with Crippen LogP contribution in [0, 0.1) is 0 Å². The van der Waals surface area contributed by atoms with Crippen molar-refractivity contribution in [2.45, 2.75) is 26.4 Å². The monoisotopic (exact) mass is 559 g/mol. The average Bonchev–Trinajstić information content (AvgIpc) is 3.40. The minimum atomic E-state index is -0.640. The molecule has 2 aromatic heterocycles. The highest BCUT2D eigenvalue weighted by Gasteiger charge is 2.20. The number of aromatic hydroxyl groups is 1. The first-order chi connectivity index (χ1) is 20.2. The van der Waals surface area contributed by atoms with Gasteiger partial charge in [-0.1, -0.05) is 54.6 Å². The number of hydrogen-bond acceptors (Lipinski definition) is 8. The van der Waals surface area contributed by atoms with Gasteiger partial charge >= 0.3 is 6.09 Å². The number of benzene rings is 4. The number of ether oxygens (including phenoxy) is 2. The molecule has 0 aliphatic heterocycles. The van der Waals surface area contributed by atoms with Crippen LogP contribution in [0.5, 0.6) is 11.5 Å². The molecule has 0 spiro atoms. The lowest BCUT2D eigenvalue weighted by molar-refractivity contribution is 0.0522.